The van der Waals surface area contributed by atoms with Crippen LogP contribution in [0.2, 0.25) is 0 Å². The first-order valence-electron chi connectivity index (χ1n) is 26.3. The van der Waals surface area contributed by atoms with Gasteiger partial charge >= 0.3 is 0 Å². The Hall–Kier alpha value is -7.12. The summed E-state index contributed by atoms with van der Waals surface area (Å²) >= 11 is 0. The van der Waals surface area contributed by atoms with Gasteiger partial charge < -0.3 is 19.0 Å². The fraction of sp³-hybridized carbons (Fsp3) is 0.235. The fourth-order valence-corrected chi connectivity index (χ4v) is 10.8. The van der Waals surface area contributed by atoms with E-state index in [0.717, 1.165) is 89.6 Å². The average molecular weight is 1180 g/mol. The molecule has 12 rings (SSSR count). The van der Waals surface area contributed by atoms with Crippen molar-refractivity contribution in [1.29, 1.82) is 0 Å². The minimum Gasteiger partial charge on any atom is -0.458 e. The van der Waals surface area contributed by atoms with E-state index in [9.17, 15) is 4.39 Å². The molecule has 8 aromatic carbocycles. The molecule has 0 spiro atoms. The van der Waals surface area contributed by atoms with Crippen LogP contribution in [0, 0.1) is 31.8 Å². The van der Waals surface area contributed by atoms with Gasteiger partial charge in [0.15, 0.2) is 0 Å². The van der Waals surface area contributed by atoms with Crippen LogP contribution in [0.3, 0.4) is 0 Å². The van der Waals surface area contributed by atoms with Gasteiger partial charge in [-0.25, -0.2) is 0 Å². The fourth-order valence-electron chi connectivity index (χ4n) is 10.8. The van der Waals surface area contributed by atoms with Gasteiger partial charge in [-0.2, -0.15) is 0 Å². The van der Waals surface area contributed by atoms with Gasteiger partial charge in [-0.15, -0.1) is 65.7 Å². The van der Waals surface area contributed by atoms with Crippen LogP contribution >= 0.6 is 0 Å². The van der Waals surface area contributed by atoms with Crippen LogP contribution in [0.4, 0.5) is 4.39 Å². The SMILES string of the molecule is CC(C)c1cccc(C(C)C)c1-n1c(-c2[c-]cccc2)nc2cccc(-c3ccc4c5c6c(cc4c3)Oc3ccc(C(C)(C)C)cc3B6c3cc(C(C)(C)C)ccc3O5)c21.Cc1cnc(-c2[c-]cc(F)cc2)cc1C.[Ir]. The van der Waals surface area contributed by atoms with Crippen molar-refractivity contribution in [3.8, 4) is 62.5 Å². The maximum Gasteiger partial charge on any atom is 0.260 e. The molecule has 0 aliphatic carbocycles. The molecule has 2 aliphatic rings. The van der Waals surface area contributed by atoms with Gasteiger partial charge in [0.05, 0.1) is 16.9 Å². The van der Waals surface area contributed by atoms with Crippen molar-refractivity contribution >= 4 is 44.9 Å². The third kappa shape index (κ3) is 9.49. The molecule has 4 heterocycles. The predicted molar refractivity (Wildman–Crippen MR) is 309 cm³/mol. The summed E-state index contributed by atoms with van der Waals surface area (Å²) in [5.41, 5.74) is 19.0. The number of pyridine rings is 1. The van der Waals surface area contributed by atoms with Crippen molar-refractivity contribution < 1.29 is 34.0 Å². The molecule has 0 saturated carbocycles. The van der Waals surface area contributed by atoms with Crippen LogP contribution in [-0.2, 0) is 30.9 Å². The van der Waals surface area contributed by atoms with Gasteiger partial charge in [0, 0.05) is 54.2 Å². The zero-order valence-electron chi connectivity index (χ0n) is 45.5. The maximum absolute atomic E-state index is 12.7. The van der Waals surface area contributed by atoms with Gasteiger partial charge in [-0.3, -0.25) is 9.37 Å². The molecular formula is C68H63BFIrN3O2-2. The number of imidazole rings is 1. The number of ether oxygens (including phenoxy) is 2. The second kappa shape index (κ2) is 20.1. The van der Waals surface area contributed by atoms with E-state index in [4.69, 9.17) is 14.5 Å². The quantitative estimate of drug-likeness (QED) is 0.123. The monoisotopic (exact) mass is 1180 g/mol. The number of aryl methyl sites for hydroxylation is 2. The summed E-state index contributed by atoms with van der Waals surface area (Å²) in [6, 6.07) is 56.9. The molecule has 383 valence electrons. The summed E-state index contributed by atoms with van der Waals surface area (Å²) in [6.07, 6.45) is 1.82. The summed E-state index contributed by atoms with van der Waals surface area (Å²) in [4.78, 5) is 9.67. The molecule has 76 heavy (non-hydrogen) atoms. The van der Waals surface area contributed by atoms with Gasteiger partial charge in [0.1, 0.15) is 23.0 Å². The topological polar surface area (TPSA) is 49.2 Å². The molecule has 0 unspecified atom stereocenters. The normalized spacial score (nSPS) is 12.6. The Morgan fingerprint density at radius 1 is 0.632 bits per heavy atom. The van der Waals surface area contributed by atoms with Crippen molar-refractivity contribution in [2.75, 3.05) is 0 Å². The van der Waals surface area contributed by atoms with E-state index < -0.39 is 0 Å². The zero-order valence-corrected chi connectivity index (χ0v) is 47.9. The van der Waals surface area contributed by atoms with Crippen LogP contribution < -0.4 is 25.9 Å². The molecule has 0 amide bonds. The smallest absolute Gasteiger partial charge is 0.260 e. The molecule has 0 fully saturated rings. The molecule has 0 atom stereocenters. The Morgan fingerprint density at radius 2 is 1.30 bits per heavy atom. The number of fused-ring (bicyclic) bond motifs is 7. The van der Waals surface area contributed by atoms with Crippen LogP contribution in [0.15, 0.2) is 152 Å². The first-order chi connectivity index (χ1) is 35.8. The average Bonchev–Trinajstić information content (AvgIpc) is 3.86. The van der Waals surface area contributed by atoms with Gasteiger partial charge in [-0.05, 0) is 122 Å². The van der Waals surface area contributed by atoms with Crippen molar-refractivity contribution in [2.24, 2.45) is 0 Å². The minimum absolute atomic E-state index is 0. The second-order valence-electron chi connectivity index (χ2n) is 23.1. The molecule has 0 bridgehead atoms. The number of benzene rings is 8. The predicted octanol–water partition coefficient (Wildman–Crippen LogP) is 16.2. The molecular weight excluding hydrogens is 1110 g/mol. The van der Waals surface area contributed by atoms with Gasteiger partial charge in [-0.1, -0.05) is 148 Å². The molecule has 2 aliphatic heterocycles. The van der Waals surface area contributed by atoms with Crippen LogP contribution in [-0.4, -0.2) is 21.2 Å². The maximum atomic E-state index is 12.7. The van der Waals surface area contributed by atoms with E-state index in [1.54, 1.807) is 6.07 Å². The molecule has 8 heteroatoms. The Kier molecular flexibility index (Phi) is 13.8. The largest absolute Gasteiger partial charge is 0.458 e. The third-order valence-electron chi connectivity index (χ3n) is 15.1. The Labute approximate surface area is 462 Å². The molecule has 1 radical (unpaired) electrons. The van der Waals surface area contributed by atoms with Crippen molar-refractivity contribution in [3.63, 3.8) is 0 Å². The summed E-state index contributed by atoms with van der Waals surface area (Å²) in [6.45, 7) is 26.8. The number of para-hydroxylation sites is 2. The van der Waals surface area contributed by atoms with Gasteiger partial charge in [0.25, 0.3) is 6.71 Å². The number of nitrogens with zero attached hydrogens (tertiary/aromatic N) is 3. The third-order valence-corrected chi connectivity index (χ3v) is 15.1. The summed E-state index contributed by atoms with van der Waals surface area (Å²) in [5, 5.41) is 2.13. The molecule has 5 nitrogen and oxygen atoms in total. The van der Waals surface area contributed by atoms with Crippen LogP contribution in [0.1, 0.15) is 114 Å². The van der Waals surface area contributed by atoms with Crippen LogP contribution in [0.5, 0.6) is 23.0 Å². The number of hydrogen-bond acceptors (Lipinski definition) is 4. The Balaban J connectivity index is 0.000000354. The van der Waals surface area contributed by atoms with E-state index in [-0.39, 0.29) is 43.5 Å². The van der Waals surface area contributed by atoms with Crippen molar-refractivity contribution in [2.45, 2.75) is 106 Å². The zero-order chi connectivity index (χ0) is 52.7. The Bertz CT molecular complexity index is 3800. The number of hydrogen-bond donors (Lipinski definition) is 0. The minimum atomic E-state index is -0.275. The van der Waals surface area contributed by atoms with E-state index in [1.165, 1.54) is 56.6 Å². The number of rotatable bonds is 6. The summed E-state index contributed by atoms with van der Waals surface area (Å²) in [7, 11) is 0. The standard InChI is InChI=1S/C55H52BN2O2.C13H11FN.Ir/c1-32(2)39-18-14-19-40(33(3)4)50(39)58-51-41(20-15-21-45(51)57-53(58)34-16-12-11-13-17-34)35-22-25-42-36(28-35)29-48-49-52(42)60-47-27-24-38(55(8,9)10)31-44(47)56(49)43-30-37(54(5,6)7)23-26-46(43)59-48;1-9-7-13(15-8-10(9)2)11-3-5-12(14)6-4-11;/h11-16,18-33H,1-10H3;3,5-8H,1-2H3;/q2*-1;. The van der Waals surface area contributed by atoms with Crippen molar-refractivity contribution in [1.82, 2.24) is 14.5 Å². The van der Waals surface area contributed by atoms with E-state index in [1.807, 2.05) is 38.2 Å². The van der Waals surface area contributed by atoms with E-state index >= 15 is 0 Å². The van der Waals surface area contributed by atoms with E-state index in [0.29, 0.717) is 11.8 Å². The van der Waals surface area contributed by atoms with E-state index in [2.05, 4.69) is 200 Å². The number of halogens is 1. The molecule has 0 saturated heterocycles. The Morgan fingerprint density at radius 3 is 1.91 bits per heavy atom. The van der Waals surface area contributed by atoms with Crippen LogP contribution in [0.25, 0.3) is 61.3 Å². The molecule has 10 aromatic rings. The van der Waals surface area contributed by atoms with Crippen molar-refractivity contribution in [3.05, 3.63) is 203 Å². The second-order valence-corrected chi connectivity index (χ2v) is 23.1. The molecule has 0 N–H and O–H groups in total. The summed E-state index contributed by atoms with van der Waals surface area (Å²) in [5.74, 6) is 4.75. The van der Waals surface area contributed by atoms with Gasteiger partial charge in [0.2, 0.25) is 0 Å². The number of aromatic nitrogens is 3. The molecule has 2 aromatic heterocycles. The first kappa shape index (κ1) is 52.3. The summed E-state index contributed by atoms with van der Waals surface area (Å²) < 4.78 is 29.1. The first-order valence-corrected chi connectivity index (χ1v) is 26.3.